The third-order valence-electron chi connectivity index (χ3n) is 3.29. The number of carbonyl (C=O) groups is 1. The fourth-order valence-corrected chi connectivity index (χ4v) is 1.79. The Morgan fingerprint density at radius 3 is 2.94 bits per heavy atom. The molecular formula is C11H18N4O. The molecule has 1 aromatic rings. The molecule has 1 unspecified atom stereocenters. The van der Waals surface area contributed by atoms with E-state index in [4.69, 9.17) is 5.73 Å². The number of hydrogen-bond acceptors (Lipinski definition) is 3. The highest BCUT2D eigenvalue weighted by atomic mass is 16.2. The van der Waals surface area contributed by atoms with Gasteiger partial charge in [0.2, 0.25) is 5.91 Å². The predicted molar refractivity (Wildman–Crippen MR) is 60.5 cm³/mol. The zero-order valence-electron chi connectivity index (χ0n) is 9.71. The van der Waals surface area contributed by atoms with Crippen molar-refractivity contribution in [2.45, 2.75) is 38.8 Å². The van der Waals surface area contributed by atoms with Crippen LogP contribution in [0, 0.1) is 12.8 Å². The van der Waals surface area contributed by atoms with Gasteiger partial charge in [-0.05, 0) is 32.6 Å². The van der Waals surface area contributed by atoms with Crippen LogP contribution in [0.1, 0.15) is 31.0 Å². The molecule has 1 heterocycles. The van der Waals surface area contributed by atoms with Crippen LogP contribution in [0.25, 0.3) is 0 Å². The summed E-state index contributed by atoms with van der Waals surface area (Å²) in [6.07, 6.45) is 3.84. The molecule has 1 amide bonds. The number of hydrogen-bond donors (Lipinski definition) is 3. The lowest BCUT2D eigenvalue weighted by atomic mass is 9.96. The maximum absolute atomic E-state index is 11.9. The second kappa shape index (κ2) is 3.90. The molecule has 88 valence electrons. The van der Waals surface area contributed by atoms with E-state index in [1.54, 1.807) is 6.20 Å². The van der Waals surface area contributed by atoms with Crippen molar-refractivity contribution in [2.24, 2.45) is 11.7 Å². The Bertz CT molecular complexity index is 392. The van der Waals surface area contributed by atoms with Crippen molar-refractivity contribution in [3.8, 4) is 0 Å². The molecule has 5 heteroatoms. The van der Waals surface area contributed by atoms with E-state index in [2.05, 4.69) is 15.5 Å². The molecule has 1 saturated carbocycles. The molecule has 1 aromatic heterocycles. The molecular weight excluding hydrogens is 204 g/mol. The van der Waals surface area contributed by atoms with Gasteiger partial charge in [0.1, 0.15) is 0 Å². The van der Waals surface area contributed by atoms with Crippen molar-refractivity contribution in [3.05, 3.63) is 17.5 Å². The Balaban J connectivity index is 1.91. The average Bonchev–Trinajstić information content (AvgIpc) is 3.01. The van der Waals surface area contributed by atoms with Crippen molar-refractivity contribution in [2.75, 3.05) is 0 Å². The first kappa shape index (κ1) is 11.1. The number of aromatic nitrogens is 2. The number of amides is 1. The van der Waals surface area contributed by atoms with E-state index in [1.807, 2.05) is 13.8 Å². The van der Waals surface area contributed by atoms with E-state index >= 15 is 0 Å². The van der Waals surface area contributed by atoms with Gasteiger partial charge in [0.05, 0.1) is 11.7 Å². The lowest BCUT2D eigenvalue weighted by molar-refractivity contribution is -0.126. The maximum Gasteiger partial charge on any atom is 0.240 e. The molecule has 0 saturated heterocycles. The quantitative estimate of drug-likeness (QED) is 0.692. The van der Waals surface area contributed by atoms with Crippen LogP contribution in [-0.4, -0.2) is 21.6 Å². The zero-order valence-corrected chi connectivity index (χ0v) is 9.71. The van der Waals surface area contributed by atoms with E-state index in [9.17, 15) is 4.79 Å². The SMILES string of the molecule is Cc1[nH]ncc1CNC(=O)C(C)(N)C1CC1. The molecule has 0 aliphatic heterocycles. The first-order valence-electron chi connectivity index (χ1n) is 5.58. The Kier molecular flexibility index (Phi) is 2.71. The summed E-state index contributed by atoms with van der Waals surface area (Å²) in [4.78, 5) is 11.9. The zero-order chi connectivity index (χ0) is 11.8. The predicted octanol–water partition coefficient (Wildman–Crippen LogP) is 0.462. The summed E-state index contributed by atoms with van der Waals surface area (Å²) in [6, 6.07) is 0. The summed E-state index contributed by atoms with van der Waals surface area (Å²) in [5.74, 6) is 0.272. The molecule has 1 fully saturated rings. The lowest BCUT2D eigenvalue weighted by Gasteiger charge is -2.23. The van der Waals surface area contributed by atoms with Gasteiger partial charge in [-0.3, -0.25) is 9.89 Å². The number of nitrogens with one attached hydrogen (secondary N) is 2. The van der Waals surface area contributed by atoms with E-state index in [-0.39, 0.29) is 5.91 Å². The molecule has 1 aliphatic carbocycles. The fourth-order valence-electron chi connectivity index (χ4n) is 1.79. The van der Waals surface area contributed by atoms with Crippen LogP contribution in [0.2, 0.25) is 0 Å². The van der Waals surface area contributed by atoms with Gasteiger partial charge in [0, 0.05) is 17.8 Å². The minimum Gasteiger partial charge on any atom is -0.350 e. The smallest absolute Gasteiger partial charge is 0.240 e. The molecule has 1 aliphatic rings. The summed E-state index contributed by atoms with van der Waals surface area (Å²) in [7, 11) is 0. The highest BCUT2D eigenvalue weighted by molar-refractivity contribution is 5.86. The molecule has 4 N–H and O–H groups in total. The van der Waals surface area contributed by atoms with Gasteiger partial charge in [-0.15, -0.1) is 0 Å². The highest BCUT2D eigenvalue weighted by Crippen LogP contribution is 2.38. The summed E-state index contributed by atoms with van der Waals surface area (Å²) in [5.41, 5.74) is 7.26. The third-order valence-corrected chi connectivity index (χ3v) is 3.29. The fraction of sp³-hybridized carbons (Fsp3) is 0.636. The number of nitrogens with two attached hydrogens (primary N) is 1. The van der Waals surface area contributed by atoms with Crippen molar-refractivity contribution in [1.82, 2.24) is 15.5 Å². The van der Waals surface area contributed by atoms with Gasteiger partial charge in [0.25, 0.3) is 0 Å². The molecule has 0 radical (unpaired) electrons. The Hall–Kier alpha value is -1.36. The van der Waals surface area contributed by atoms with Crippen LogP contribution in [0.3, 0.4) is 0 Å². The maximum atomic E-state index is 11.9. The van der Waals surface area contributed by atoms with Crippen LogP contribution in [0.4, 0.5) is 0 Å². The molecule has 1 atom stereocenters. The lowest BCUT2D eigenvalue weighted by Crippen LogP contribution is -2.53. The molecule has 0 bridgehead atoms. The van der Waals surface area contributed by atoms with Gasteiger partial charge in [-0.1, -0.05) is 0 Å². The van der Waals surface area contributed by atoms with E-state index in [0.29, 0.717) is 12.5 Å². The Morgan fingerprint density at radius 2 is 2.44 bits per heavy atom. The Morgan fingerprint density at radius 1 is 1.75 bits per heavy atom. The van der Waals surface area contributed by atoms with Crippen LogP contribution in [0.5, 0.6) is 0 Å². The van der Waals surface area contributed by atoms with Crippen molar-refractivity contribution in [1.29, 1.82) is 0 Å². The summed E-state index contributed by atoms with van der Waals surface area (Å²) in [6.45, 7) is 4.22. The number of aryl methyl sites for hydroxylation is 1. The summed E-state index contributed by atoms with van der Waals surface area (Å²) in [5, 5.41) is 9.60. The first-order chi connectivity index (χ1) is 7.51. The van der Waals surface area contributed by atoms with Crippen LogP contribution in [-0.2, 0) is 11.3 Å². The van der Waals surface area contributed by atoms with E-state index < -0.39 is 5.54 Å². The second-order valence-corrected chi connectivity index (χ2v) is 4.76. The third kappa shape index (κ3) is 2.09. The standard InChI is InChI=1S/C11H18N4O/c1-7-8(6-14-15-7)5-13-10(16)11(2,12)9-3-4-9/h6,9H,3-5,12H2,1-2H3,(H,13,16)(H,14,15). The number of carbonyl (C=O) groups excluding carboxylic acids is 1. The molecule has 0 spiro atoms. The van der Waals surface area contributed by atoms with E-state index in [0.717, 1.165) is 24.1 Å². The van der Waals surface area contributed by atoms with E-state index in [1.165, 1.54) is 0 Å². The van der Waals surface area contributed by atoms with Gasteiger partial charge in [-0.25, -0.2) is 0 Å². The molecule has 2 rings (SSSR count). The highest BCUT2D eigenvalue weighted by Gasteiger charge is 2.43. The summed E-state index contributed by atoms with van der Waals surface area (Å²) < 4.78 is 0. The topological polar surface area (TPSA) is 83.8 Å². The van der Waals surface area contributed by atoms with Crippen molar-refractivity contribution < 1.29 is 4.79 Å². The van der Waals surface area contributed by atoms with Gasteiger partial charge in [-0.2, -0.15) is 5.10 Å². The van der Waals surface area contributed by atoms with Gasteiger partial charge in [0.15, 0.2) is 0 Å². The first-order valence-corrected chi connectivity index (χ1v) is 5.58. The second-order valence-electron chi connectivity index (χ2n) is 4.76. The van der Waals surface area contributed by atoms with Crippen LogP contribution in [0.15, 0.2) is 6.20 Å². The monoisotopic (exact) mass is 222 g/mol. The van der Waals surface area contributed by atoms with Gasteiger partial charge < -0.3 is 11.1 Å². The summed E-state index contributed by atoms with van der Waals surface area (Å²) >= 11 is 0. The van der Waals surface area contributed by atoms with Gasteiger partial charge >= 0.3 is 0 Å². The number of rotatable bonds is 4. The van der Waals surface area contributed by atoms with Crippen LogP contribution >= 0.6 is 0 Å². The molecule has 16 heavy (non-hydrogen) atoms. The van der Waals surface area contributed by atoms with Crippen molar-refractivity contribution in [3.63, 3.8) is 0 Å². The minimum atomic E-state index is -0.725. The normalized spacial score (nSPS) is 19.2. The minimum absolute atomic E-state index is 0.0735. The van der Waals surface area contributed by atoms with Crippen LogP contribution < -0.4 is 11.1 Å². The number of aromatic amines is 1. The van der Waals surface area contributed by atoms with Crippen molar-refractivity contribution >= 4 is 5.91 Å². The number of nitrogens with zero attached hydrogens (tertiary/aromatic N) is 1. The Labute approximate surface area is 94.8 Å². The number of H-pyrrole nitrogens is 1. The molecule has 5 nitrogen and oxygen atoms in total. The largest absolute Gasteiger partial charge is 0.350 e. The molecule has 0 aromatic carbocycles. The average molecular weight is 222 g/mol.